The highest BCUT2D eigenvalue weighted by Gasteiger charge is 2.14. The van der Waals surface area contributed by atoms with Gasteiger partial charge in [0.1, 0.15) is 5.82 Å². The minimum atomic E-state index is -0.259. The van der Waals surface area contributed by atoms with E-state index in [1.165, 1.54) is 6.07 Å². The third-order valence-corrected chi connectivity index (χ3v) is 4.12. The summed E-state index contributed by atoms with van der Waals surface area (Å²) in [6, 6.07) is 15.1. The van der Waals surface area contributed by atoms with E-state index >= 15 is 0 Å². The molecule has 1 N–H and O–H groups in total. The maximum absolute atomic E-state index is 13.4. The smallest absolute Gasteiger partial charge is 0.137 e. The van der Waals surface area contributed by atoms with Crippen LogP contribution in [0.5, 0.6) is 0 Å². The van der Waals surface area contributed by atoms with Gasteiger partial charge >= 0.3 is 0 Å². The fourth-order valence-electron chi connectivity index (χ4n) is 2.46. The Kier molecular flexibility index (Phi) is 3.99. The average Bonchev–Trinajstić information content (AvgIpc) is 2.51. The van der Waals surface area contributed by atoms with Gasteiger partial charge in [-0.15, -0.1) is 0 Å². The second kappa shape index (κ2) is 5.92. The van der Waals surface area contributed by atoms with Crippen LogP contribution in [0.25, 0.3) is 10.9 Å². The molecule has 0 aliphatic carbocycles. The zero-order valence-corrected chi connectivity index (χ0v) is 13.1. The minimum absolute atomic E-state index is 0.0287. The van der Waals surface area contributed by atoms with Gasteiger partial charge in [0.15, 0.2) is 0 Å². The third kappa shape index (κ3) is 2.82. The highest BCUT2D eigenvalue weighted by molar-refractivity contribution is 9.10. The lowest BCUT2D eigenvalue weighted by molar-refractivity contribution is 0.616. The molecule has 0 fully saturated rings. The molecule has 2 nitrogen and oxygen atoms in total. The number of hydrogen-bond donors (Lipinski definition) is 1. The van der Waals surface area contributed by atoms with Crippen LogP contribution < -0.4 is 5.32 Å². The van der Waals surface area contributed by atoms with Gasteiger partial charge in [0.05, 0.1) is 16.0 Å². The summed E-state index contributed by atoms with van der Waals surface area (Å²) >= 11 is 3.24. The van der Waals surface area contributed by atoms with Crippen LogP contribution in [0.3, 0.4) is 0 Å². The van der Waals surface area contributed by atoms with Crippen molar-refractivity contribution in [2.45, 2.75) is 6.04 Å². The second-order valence-electron chi connectivity index (χ2n) is 4.86. The number of rotatable bonds is 3. The predicted octanol–water partition coefficient (Wildman–Crippen LogP) is 4.45. The van der Waals surface area contributed by atoms with Crippen LogP contribution >= 0.6 is 15.9 Å². The highest BCUT2D eigenvalue weighted by atomic mass is 79.9. The number of aromatic nitrogens is 1. The maximum Gasteiger partial charge on any atom is 0.137 e. The zero-order valence-electron chi connectivity index (χ0n) is 11.5. The Balaban J connectivity index is 2.06. The molecular weight excluding hydrogens is 331 g/mol. The summed E-state index contributed by atoms with van der Waals surface area (Å²) in [6.45, 7) is 0. The molecule has 0 saturated carbocycles. The Bertz CT molecular complexity index is 789. The summed E-state index contributed by atoms with van der Waals surface area (Å²) in [4.78, 5) is 4.49. The molecule has 0 spiro atoms. The van der Waals surface area contributed by atoms with Gasteiger partial charge in [0.25, 0.3) is 0 Å². The Hall–Kier alpha value is -1.78. The SMILES string of the molecule is CNC(c1ccc(F)c(Br)c1)c1cnc2ccccc2c1. The molecule has 3 aromatic rings. The van der Waals surface area contributed by atoms with E-state index in [4.69, 9.17) is 0 Å². The van der Waals surface area contributed by atoms with E-state index in [0.29, 0.717) is 4.47 Å². The van der Waals surface area contributed by atoms with Crippen molar-refractivity contribution in [1.82, 2.24) is 10.3 Å². The molecule has 1 aromatic heterocycles. The van der Waals surface area contributed by atoms with E-state index in [0.717, 1.165) is 22.0 Å². The number of nitrogens with zero attached hydrogens (tertiary/aromatic N) is 1. The summed E-state index contributed by atoms with van der Waals surface area (Å²) in [6.07, 6.45) is 1.86. The minimum Gasteiger partial charge on any atom is -0.309 e. The fourth-order valence-corrected chi connectivity index (χ4v) is 2.86. The summed E-state index contributed by atoms with van der Waals surface area (Å²) in [5, 5.41) is 4.36. The van der Waals surface area contributed by atoms with Crippen LogP contribution in [-0.4, -0.2) is 12.0 Å². The summed E-state index contributed by atoms with van der Waals surface area (Å²) in [7, 11) is 1.89. The van der Waals surface area contributed by atoms with Gasteiger partial charge in [0.2, 0.25) is 0 Å². The molecule has 3 rings (SSSR count). The van der Waals surface area contributed by atoms with Crippen LogP contribution in [-0.2, 0) is 0 Å². The molecule has 0 aliphatic heterocycles. The summed E-state index contributed by atoms with van der Waals surface area (Å²) < 4.78 is 13.9. The Morgan fingerprint density at radius 2 is 1.90 bits per heavy atom. The first-order chi connectivity index (χ1) is 10.2. The van der Waals surface area contributed by atoms with E-state index in [9.17, 15) is 4.39 Å². The lowest BCUT2D eigenvalue weighted by Gasteiger charge is -2.18. The monoisotopic (exact) mass is 344 g/mol. The number of pyridine rings is 1. The second-order valence-corrected chi connectivity index (χ2v) is 5.71. The molecule has 0 amide bonds. The molecule has 0 bridgehead atoms. The van der Waals surface area contributed by atoms with Crippen molar-refractivity contribution < 1.29 is 4.39 Å². The van der Waals surface area contributed by atoms with E-state index in [1.807, 2.05) is 37.5 Å². The van der Waals surface area contributed by atoms with Gasteiger partial charge < -0.3 is 5.32 Å². The molecule has 1 atom stereocenters. The number of hydrogen-bond acceptors (Lipinski definition) is 2. The van der Waals surface area contributed by atoms with Crippen LogP contribution in [0, 0.1) is 5.82 Å². The van der Waals surface area contributed by atoms with Crippen molar-refractivity contribution in [3.63, 3.8) is 0 Å². The molecule has 0 aliphatic rings. The molecule has 0 saturated heterocycles. The number of fused-ring (bicyclic) bond motifs is 1. The van der Waals surface area contributed by atoms with Crippen LogP contribution in [0.15, 0.2) is 59.2 Å². The predicted molar refractivity (Wildman–Crippen MR) is 86.7 cm³/mol. The molecule has 1 heterocycles. The summed E-state index contributed by atoms with van der Waals surface area (Å²) in [5.74, 6) is -0.259. The quantitative estimate of drug-likeness (QED) is 0.759. The first-order valence-electron chi connectivity index (χ1n) is 6.66. The topological polar surface area (TPSA) is 24.9 Å². The Morgan fingerprint density at radius 3 is 2.67 bits per heavy atom. The van der Waals surface area contributed by atoms with Gasteiger partial charge in [-0.05, 0) is 58.4 Å². The van der Waals surface area contributed by atoms with Gasteiger partial charge in [-0.1, -0.05) is 24.3 Å². The molecular formula is C17H14BrFN2. The molecule has 21 heavy (non-hydrogen) atoms. The van der Waals surface area contributed by atoms with Crippen molar-refractivity contribution in [2.24, 2.45) is 0 Å². The van der Waals surface area contributed by atoms with Crippen LogP contribution in [0.1, 0.15) is 17.2 Å². The van der Waals surface area contributed by atoms with E-state index < -0.39 is 0 Å². The van der Waals surface area contributed by atoms with Gasteiger partial charge in [-0.25, -0.2) is 4.39 Å². The molecule has 106 valence electrons. The van der Waals surface area contributed by atoms with E-state index in [-0.39, 0.29) is 11.9 Å². The van der Waals surface area contributed by atoms with Gasteiger partial charge in [0, 0.05) is 11.6 Å². The zero-order chi connectivity index (χ0) is 14.8. The first-order valence-corrected chi connectivity index (χ1v) is 7.45. The largest absolute Gasteiger partial charge is 0.309 e. The Labute approximate surface area is 131 Å². The normalized spacial score (nSPS) is 12.5. The van der Waals surface area contributed by atoms with Crippen LogP contribution in [0.2, 0.25) is 0 Å². The molecule has 4 heteroatoms. The highest BCUT2D eigenvalue weighted by Crippen LogP contribution is 2.27. The first kappa shape index (κ1) is 14.2. The summed E-state index contributed by atoms with van der Waals surface area (Å²) in [5.41, 5.74) is 3.01. The van der Waals surface area contributed by atoms with Gasteiger partial charge in [-0.3, -0.25) is 4.98 Å². The van der Waals surface area contributed by atoms with Gasteiger partial charge in [-0.2, -0.15) is 0 Å². The standard InChI is InChI=1S/C17H14BrFN2/c1-20-17(12-6-7-15(19)14(18)9-12)13-8-11-4-2-3-5-16(11)21-10-13/h2-10,17,20H,1H3. The number of para-hydroxylation sites is 1. The van der Waals surface area contributed by atoms with Crippen LogP contribution in [0.4, 0.5) is 4.39 Å². The fraction of sp³-hybridized carbons (Fsp3) is 0.118. The maximum atomic E-state index is 13.4. The molecule has 0 radical (unpaired) electrons. The lowest BCUT2D eigenvalue weighted by atomic mass is 9.99. The molecule has 2 aromatic carbocycles. The van der Waals surface area contributed by atoms with E-state index in [1.54, 1.807) is 12.1 Å². The average molecular weight is 345 g/mol. The Morgan fingerprint density at radius 1 is 1.10 bits per heavy atom. The van der Waals surface area contributed by atoms with E-state index in [2.05, 4.69) is 32.3 Å². The van der Waals surface area contributed by atoms with Crippen molar-refractivity contribution in [2.75, 3.05) is 7.05 Å². The lowest BCUT2D eigenvalue weighted by Crippen LogP contribution is -2.18. The van der Waals surface area contributed by atoms with Crippen molar-refractivity contribution in [3.8, 4) is 0 Å². The van der Waals surface area contributed by atoms with Crippen molar-refractivity contribution in [1.29, 1.82) is 0 Å². The number of benzene rings is 2. The van der Waals surface area contributed by atoms with Crippen molar-refractivity contribution >= 4 is 26.8 Å². The van der Waals surface area contributed by atoms with Crippen molar-refractivity contribution in [3.05, 3.63) is 76.1 Å². The number of nitrogens with one attached hydrogen (secondary N) is 1. The third-order valence-electron chi connectivity index (χ3n) is 3.51. The number of halogens is 2. The molecule has 1 unspecified atom stereocenters.